The Kier molecular flexibility index (Phi) is 4.77. The first-order valence-corrected chi connectivity index (χ1v) is 8.22. The molecule has 2 aromatic rings. The summed E-state index contributed by atoms with van der Waals surface area (Å²) in [6, 6.07) is 8.39. The molecule has 2 N–H and O–H groups in total. The Morgan fingerprint density at radius 3 is 2.95 bits per heavy atom. The molecule has 22 heavy (non-hydrogen) atoms. The van der Waals surface area contributed by atoms with Crippen molar-refractivity contribution in [1.82, 2.24) is 14.8 Å². The van der Waals surface area contributed by atoms with Gasteiger partial charge in [-0.2, -0.15) is 5.10 Å². The number of rotatable bonds is 5. The van der Waals surface area contributed by atoms with Crippen molar-refractivity contribution < 1.29 is 4.74 Å². The molecule has 0 amide bonds. The van der Waals surface area contributed by atoms with Gasteiger partial charge in [0.15, 0.2) is 10.6 Å². The van der Waals surface area contributed by atoms with E-state index in [-0.39, 0.29) is 0 Å². The minimum absolute atomic E-state index is 0.488. The molecule has 0 spiro atoms. The zero-order chi connectivity index (χ0) is 15.4. The lowest BCUT2D eigenvalue weighted by Gasteiger charge is -2.24. The van der Waals surface area contributed by atoms with E-state index in [1.165, 1.54) is 32.1 Å². The van der Waals surface area contributed by atoms with Crippen molar-refractivity contribution in [2.75, 3.05) is 12.4 Å². The Morgan fingerprint density at radius 1 is 1.36 bits per heavy atom. The fraction of sp³-hybridized carbons (Fsp3) is 0.500. The molecule has 118 valence electrons. The molecule has 0 saturated heterocycles. The average Bonchev–Trinajstić information content (AvgIpc) is 2.94. The highest BCUT2D eigenvalue weighted by Crippen LogP contribution is 2.29. The summed E-state index contributed by atoms with van der Waals surface area (Å²) in [7, 11) is 1.67. The normalized spacial score (nSPS) is 15.7. The van der Waals surface area contributed by atoms with Crippen molar-refractivity contribution in [1.29, 1.82) is 0 Å². The Hall–Kier alpha value is -1.82. The number of hydrogen-bond donors (Lipinski definition) is 2. The van der Waals surface area contributed by atoms with Gasteiger partial charge in [0.2, 0.25) is 0 Å². The molecule has 0 aliphatic heterocycles. The Morgan fingerprint density at radius 2 is 2.18 bits per heavy atom. The maximum atomic E-state index is 5.42. The van der Waals surface area contributed by atoms with Crippen molar-refractivity contribution in [2.45, 2.75) is 44.7 Å². The molecule has 1 aromatic carbocycles. The lowest BCUT2D eigenvalue weighted by molar-refractivity contribution is 0.343. The van der Waals surface area contributed by atoms with Gasteiger partial charge in [-0.25, -0.2) is 0 Å². The van der Waals surface area contributed by atoms with E-state index in [1.807, 2.05) is 24.3 Å². The molecule has 3 rings (SSSR count). The molecule has 1 heterocycles. The topological polar surface area (TPSA) is 54.9 Å². The van der Waals surface area contributed by atoms with Gasteiger partial charge in [0.25, 0.3) is 0 Å². The van der Waals surface area contributed by atoms with E-state index in [4.69, 9.17) is 17.0 Å². The molecule has 5 nitrogen and oxygen atoms in total. The molecule has 1 saturated carbocycles. The van der Waals surface area contributed by atoms with Crippen LogP contribution >= 0.6 is 12.2 Å². The molecule has 1 fully saturated rings. The Labute approximate surface area is 135 Å². The van der Waals surface area contributed by atoms with Crippen molar-refractivity contribution in [3.05, 3.63) is 34.9 Å². The number of nitrogens with zero attached hydrogens (tertiary/aromatic N) is 2. The third kappa shape index (κ3) is 3.32. The smallest absolute Gasteiger partial charge is 0.195 e. The Balaban J connectivity index is 1.73. The van der Waals surface area contributed by atoms with Gasteiger partial charge in [0, 0.05) is 17.8 Å². The van der Waals surface area contributed by atoms with Gasteiger partial charge in [-0.05, 0) is 37.2 Å². The monoisotopic (exact) mass is 318 g/mol. The fourth-order valence-electron chi connectivity index (χ4n) is 3.09. The summed E-state index contributed by atoms with van der Waals surface area (Å²) in [6.45, 7) is 0.650. The van der Waals surface area contributed by atoms with E-state index in [0.717, 1.165) is 22.0 Å². The first-order chi connectivity index (χ1) is 10.8. The number of hydrogen-bond acceptors (Lipinski definition) is 4. The number of benzene rings is 1. The molecule has 1 aliphatic carbocycles. The SMILES string of the molecule is COc1cccc(NCc2n[nH]c(=S)n2C2CCCCC2)c1. The van der Waals surface area contributed by atoms with Crippen LogP contribution < -0.4 is 10.1 Å². The van der Waals surface area contributed by atoms with E-state index in [1.54, 1.807) is 7.11 Å². The molecule has 1 aromatic heterocycles. The van der Waals surface area contributed by atoms with Gasteiger partial charge in [0.1, 0.15) is 5.75 Å². The van der Waals surface area contributed by atoms with E-state index < -0.39 is 0 Å². The zero-order valence-corrected chi connectivity index (χ0v) is 13.7. The van der Waals surface area contributed by atoms with Gasteiger partial charge < -0.3 is 10.1 Å². The van der Waals surface area contributed by atoms with E-state index in [0.29, 0.717) is 12.6 Å². The number of H-pyrrole nitrogens is 1. The number of nitrogens with one attached hydrogen (secondary N) is 2. The third-order valence-corrected chi connectivity index (χ3v) is 4.53. The van der Waals surface area contributed by atoms with Gasteiger partial charge in [-0.3, -0.25) is 9.67 Å². The fourth-order valence-corrected chi connectivity index (χ4v) is 3.39. The predicted octanol–water partition coefficient (Wildman–Crippen LogP) is 4.07. The van der Waals surface area contributed by atoms with Crippen LogP contribution in [0.1, 0.15) is 44.0 Å². The van der Waals surface area contributed by atoms with Gasteiger partial charge in [0.05, 0.1) is 13.7 Å². The molecule has 1 aliphatic rings. The number of aromatic amines is 1. The van der Waals surface area contributed by atoms with Crippen LogP contribution in [0, 0.1) is 4.77 Å². The van der Waals surface area contributed by atoms with Crippen molar-refractivity contribution in [3.8, 4) is 5.75 Å². The van der Waals surface area contributed by atoms with Crippen LogP contribution in [-0.2, 0) is 6.54 Å². The summed E-state index contributed by atoms with van der Waals surface area (Å²) >= 11 is 5.42. The molecule has 0 radical (unpaired) electrons. The summed E-state index contributed by atoms with van der Waals surface area (Å²) in [5.41, 5.74) is 1.02. The summed E-state index contributed by atoms with van der Waals surface area (Å²) in [5.74, 6) is 1.82. The van der Waals surface area contributed by atoms with Crippen LogP contribution in [0.2, 0.25) is 0 Å². The second kappa shape index (κ2) is 6.96. The number of methoxy groups -OCH3 is 1. The minimum Gasteiger partial charge on any atom is -0.497 e. The summed E-state index contributed by atoms with van der Waals surface area (Å²) in [4.78, 5) is 0. The average molecular weight is 318 g/mol. The predicted molar refractivity (Wildman–Crippen MR) is 89.9 cm³/mol. The first kappa shape index (κ1) is 15.1. The molecule has 0 bridgehead atoms. The summed E-state index contributed by atoms with van der Waals surface area (Å²) in [5, 5.41) is 10.7. The van der Waals surface area contributed by atoms with Crippen LogP contribution in [0.3, 0.4) is 0 Å². The van der Waals surface area contributed by atoms with Crippen LogP contribution in [0.4, 0.5) is 5.69 Å². The highest BCUT2D eigenvalue weighted by atomic mass is 32.1. The second-order valence-electron chi connectivity index (χ2n) is 5.69. The Bertz CT molecular complexity index is 673. The van der Waals surface area contributed by atoms with Crippen molar-refractivity contribution in [3.63, 3.8) is 0 Å². The number of aromatic nitrogens is 3. The summed E-state index contributed by atoms with van der Waals surface area (Å²) < 4.78 is 8.17. The largest absolute Gasteiger partial charge is 0.497 e. The molecular formula is C16H22N4OS. The van der Waals surface area contributed by atoms with Crippen molar-refractivity contribution in [2.24, 2.45) is 0 Å². The molecular weight excluding hydrogens is 296 g/mol. The first-order valence-electron chi connectivity index (χ1n) is 7.81. The second-order valence-corrected chi connectivity index (χ2v) is 6.08. The van der Waals surface area contributed by atoms with Crippen LogP contribution in [0.15, 0.2) is 24.3 Å². The van der Waals surface area contributed by atoms with Gasteiger partial charge in [-0.15, -0.1) is 0 Å². The molecule has 6 heteroatoms. The molecule has 0 unspecified atom stereocenters. The van der Waals surface area contributed by atoms with Crippen LogP contribution in [0.25, 0.3) is 0 Å². The van der Waals surface area contributed by atoms with Crippen LogP contribution in [0.5, 0.6) is 5.75 Å². The highest BCUT2D eigenvalue weighted by molar-refractivity contribution is 7.71. The lowest BCUT2D eigenvalue weighted by atomic mass is 9.95. The van der Waals surface area contributed by atoms with Gasteiger partial charge in [-0.1, -0.05) is 25.3 Å². The number of ether oxygens (including phenoxy) is 1. The summed E-state index contributed by atoms with van der Waals surface area (Å²) in [6.07, 6.45) is 6.28. The highest BCUT2D eigenvalue weighted by Gasteiger charge is 2.19. The van der Waals surface area contributed by atoms with Gasteiger partial charge >= 0.3 is 0 Å². The maximum absolute atomic E-state index is 5.42. The van der Waals surface area contributed by atoms with Crippen molar-refractivity contribution >= 4 is 17.9 Å². The standard InChI is InChI=1S/C16H22N4OS/c1-21-14-9-5-6-12(10-14)17-11-15-18-19-16(22)20(15)13-7-3-2-4-8-13/h5-6,9-10,13,17H,2-4,7-8,11H2,1H3,(H,19,22). The quantitative estimate of drug-likeness (QED) is 0.816. The van der Waals surface area contributed by atoms with E-state index in [9.17, 15) is 0 Å². The van der Waals surface area contributed by atoms with Crippen LogP contribution in [-0.4, -0.2) is 21.9 Å². The maximum Gasteiger partial charge on any atom is 0.195 e. The van der Waals surface area contributed by atoms with E-state index in [2.05, 4.69) is 20.1 Å². The number of anilines is 1. The lowest BCUT2D eigenvalue weighted by Crippen LogP contribution is -2.17. The minimum atomic E-state index is 0.488. The molecule has 0 atom stereocenters. The third-order valence-electron chi connectivity index (χ3n) is 4.24. The van der Waals surface area contributed by atoms with E-state index >= 15 is 0 Å². The zero-order valence-electron chi connectivity index (χ0n) is 12.8.